The van der Waals surface area contributed by atoms with E-state index in [1.807, 2.05) is 12.1 Å². The van der Waals surface area contributed by atoms with Crippen LogP contribution in [0.15, 0.2) is 45.5 Å². The second kappa shape index (κ2) is 5.44. The molecule has 1 unspecified atom stereocenters. The zero-order valence-electron chi connectivity index (χ0n) is 8.99. The summed E-state index contributed by atoms with van der Waals surface area (Å²) in [6.45, 7) is 0. The molecule has 0 saturated heterocycles. The van der Waals surface area contributed by atoms with E-state index in [4.69, 9.17) is 10.3 Å². The average Bonchev–Trinajstić information content (AvgIpc) is 2.75. The maximum atomic E-state index is 12.8. The predicted octanol–water partition coefficient (Wildman–Crippen LogP) is 2.93. The van der Waals surface area contributed by atoms with Crippen LogP contribution in [0, 0.1) is 5.82 Å². The summed E-state index contributed by atoms with van der Waals surface area (Å²) < 4.78 is 18.9. The number of halogens is 2. The van der Waals surface area contributed by atoms with Crippen LogP contribution in [0.25, 0.3) is 0 Å². The van der Waals surface area contributed by atoms with Crippen molar-refractivity contribution in [1.82, 2.24) is 5.43 Å². The monoisotopic (exact) mass is 298 g/mol. The molecule has 1 heterocycles. The molecule has 2 rings (SSSR count). The molecule has 5 heteroatoms. The predicted molar refractivity (Wildman–Crippen MR) is 66.6 cm³/mol. The Labute approximate surface area is 107 Å². The summed E-state index contributed by atoms with van der Waals surface area (Å²) in [5.74, 6) is 5.99. The SMILES string of the molecule is NNC(Cc1ccc(F)cc1)c1ccc(Br)o1. The van der Waals surface area contributed by atoms with Gasteiger partial charge in [-0.2, -0.15) is 0 Å². The highest BCUT2D eigenvalue weighted by molar-refractivity contribution is 9.10. The molecule has 0 radical (unpaired) electrons. The van der Waals surface area contributed by atoms with E-state index in [9.17, 15) is 4.39 Å². The van der Waals surface area contributed by atoms with E-state index < -0.39 is 0 Å². The van der Waals surface area contributed by atoms with Crippen molar-refractivity contribution < 1.29 is 8.81 Å². The van der Waals surface area contributed by atoms with Gasteiger partial charge in [-0.3, -0.25) is 5.84 Å². The van der Waals surface area contributed by atoms with Crippen molar-refractivity contribution >= 4 is 15.9 Å². The molecular weight excluding hydrogens is 287 g/mol. The lowest BCUT2D eigenvalue weighted by molar-refractivity contribution is 0.404. The van der Waals surface area contributed by atoms with Gasteiger partial charge in [0.25, 0.3) is 0 Å². The molecule has 3 nitrogen and oxygen atoms in total. The van der Waals surface area contributed by atoms with Crippen molar-refractivity contribution in [3.05, 3.63) is 58.2 Å². The van der Waals surface area contributed by atoms with E-state index in [0.29, 0.717) is 11.1 Å². The van der Waals surface area contributed by atoms with Crippen LogP contribution in [0.5, 0.6) is 0 Å². The molecular formula is C12H12BrFN2O. The van der Waals surface area contributed by atoms with Gasteiger partial charge in [-0.15, -0.1) is 0 Å². The van der Waals surface area contributed by atoms with Crippen LogP contribution in [-0.4, -0.2) is 0 Å². The highest BCUT2D eigenvalue weighted by atomic mass is 79.9. The van der Waals surface area contributed by atoms with Gasteiger partial charge in [-0.05, 0) is 52.2 Å². The van der Waals surface area contributed by atoms with Crippen LogP contribution >= 0.6 is 15.9 Å². The zero-order valence-corrected chi connectivity index (χ0v) is 10.6. The molecule has 17 heavy (non-hydrogen) atoms. The molecule has 0 spiro atoms. The second-order valence-corrected chi connectivity index (χ2v) is 4.47. The van der Waals surface area contributed by atoms with Gasteiger partial charge < -0.3 is 4.42 Å². The number of hydrogen-bond donors (Lipinski definition) is 2. The Morgan fingerprint density at radius 2 is 1.94 bits per heavy atom. The first-order valence-electron chi connectivity index (χ1n) is 5.15. The quantitative estimate of drug-likeness (QED) is 0.674. The maximum absolute atomic E-state index is 12.8. The Bertz CT molecular complexity index is 484. The fourth-order valence-corrected chi connectivity index (χ4v) is 1.93. The van der Waals surface area contributed by atoms with Gasteiger partial charge in [0.15, 0.2) is 4.67 Å². The van der Waals surface area contributed by atoms with E-state index in [0.717, 1.165) is 11.3 Å². The van der Waals surface area contributed by atoms with Crippen LogP contribution in [0.3, 0.4) is 0 Å². The maximum Gasteiger partial charge on any atom is 0.169 e. The molecule has 1 atom stereocenters. The third-order valence-corrected chi connectivity index (χ3v) is 2.92. The van der Waals surface area contributed by atoms with Gasteiger partial charge in [0, 0.05) is 0 Å². The minimum atomic E-state index is -0.244. The van der Waals surface area contributed by atoms with Crippen molar-refractivity contribution in [3.8, 4) is 0 Å². The second-order valence-electron chi connectivity index (χ2n) is 3.69. The lowest BCUT2D eigenvalue weighted by Crippen LogP contribution is -2.29. The normalized spacial score (nSPS) is 12.6. The van der Waals surface area contributed by atoms with Gasteiger partial charge in [0.05, 0.1) is 6.04 Å². The van der Waals surface area contributed by atoms with E-state index in [1.54, 1.807) is 12.1 Å². The molecule has 0 aliphatic rings. The molecule has 90 valence electrons. The number of hydrazine groups is 1. The molecule has 3 N–H and O–H groups in total. The fourth-order valence-electron chi connectivity index (χ4n) is 1.61. The van der Waals surface area contributed by atoms with Crippen LogP contribution in [-0.2, 0) is 6.42 Å². The Morgan fingerprint density at radius 3 is 2.47 bits per heavy atom. The number of furan rings is 1. The molecule has 1 aromatic carbocycles. The van der Waals surface area contributed by atoms with Gasteiger partial charge in [-0.25, -0.2) is 9.82 Å². The summed E-state index contributed by atoms with van der Waals surface area (Å²) in [6.07, 6.45) is 0.636. The molecule has 0 fully saturated rings. The molecule has 0 bridgehead atoms. The third kappa shape index (κ3) is 3.15. The topological polar surface area (TPSA) is 51.2 Å². The smallest absolute Gasteiger partial charge is 0.169 e. The van der Waals surface area contributed by atoms with Crippen molar-refractivity contribution in [2.75, 3.05) is 0 Å². The highest BCUT2D eigenvalue weighted by Crippen LogP contribution is 2.23. The van der Waals surface area contributed by atoms with Gasteiger partial charge in [0.1, 0.15) is 11.6 Å². The molecule has 0 aliphatic heterocycles. The Hall–Kier alpha value is -1.17. The van der Waals surface area contributed by atoms with Crippen LogP contribution < -0.4 is 11.3 Å². The number of nitrogens with one attached hydrogen (secondary N) is 1. The number of nitrogens with two attached hydrogens (primary N) is 1. The first kappa shape index (κ1) is 12.3. The Morgan fingerprint density at radius 1 is 1.24 bits per heavy atom. The minimum absolute atomic E-state index is 0.133. The standard InChI is InChI=1S/C12H12BrFN2O/c13-12-6-5-11(17-12)10(16-15)7-8-1-3-9(14)4-2-8/h1-6,10,16H,7,15H2. The van der Waals surface area contributed by atoms with Gasteiger partial charge in [-0.1, -0.05) is 12.1 Å². The third-order valence-electron chi connectivity index (χ3n) is 2.49. The zero-order chi connectivity index (χ0) is 12.3. The Balaban J connectivity index is 2.12. The largest absolute Gasteiger partial charge is 0.453 e. The van der Waals surface area contributed by atoms with E-state index in [2.05, 4.69) is 21.4 Å². The first-order chi connectivity index (χ1) is 8.19. The molecule has 1 aromatic heterocycles. The van der Waals surface area contributed by atoms with Crippen LogP contribution in [0.1, 0.15) is 17.4 Å². The summed E-state index contributed by atoms with van der Waals surface area (Å²) >= 11 is 3.24. The summed E-state index contributed by atoms with van der Waals surface area (Å²) in [4.78, 5) is 0. The van der Waals surface area contributed by atoms with E-state index in [-0.39, 0.29) is 11.9 Å². The number of benzene rings is 1. The van der Waals surface area contributed by atoms with Crippen LogP contribution in [0.4, 0.5) is 4.39 Å². The average molecular weight is 299 g/mol. The van der Waals surface area contributed by atoms with Crippen molar-refractivity contribution in [2.24, 2.45) is 5.84 Å². The van der Waals surface area contributed by atoms with Crippen molar-refractivity contribution in [2.45, 2.75) is 12.5 Å². The summed E-state index contributed by atoms with van der Waals surface area (Å²) in [7, 11) is 0. The van der Waals surface area contributed by atoms with Crippen LogP contribution in [0.2, 0.25) is 0 Å². The summed E-state index contributed by atoms with van der Waals surface area (Å²) in [6, 6.07) is 9.85. The lowest BCUT2D eigenvalue weighted by Gasteiger charge is -2.13. The lowest BCUT2D eigenvalue weighted by atomic mass is 10.0. The van der Waals surface area contributed by atoms with E-state index in [1.165, 1.54) is 12.1 Å². The van der Waals surface area contributed by atoms with Crippen molar-refractivity contribution in [1.29, 1.82) is 0 Å². The fraction of sp³-hybridized carbons (Fsp3) is 0.167. The molecule has 0 saturated carbocycles. The van der Waals surface area contributed by atoms with Gasteiger partial charge in [0.2, 0.25) is 0 Å². The molecule has 0 aliphatic carbocycles. The minimum Gasteiger partial charge on any atom is -0.453 e. The van der Waals surface area contributed by atoms with Crippen molar-refractivity contribution in [3.63, 3.8) is 0 Å². The first-order valence-corrected chi connectivity index (χ1v) is 5.94. The molecule has 0 amide bonds. The number of hydrogen-bond acceptors (Lipinski definition) is 3. The van der Waals surface area contributed by atoms with E-state index >= 15 is 0 Å². The summed E-state index contributed by atoms with van der Waals surface area (Å²) in [5, 5.41) is 0. The Kier molecular flexibility index (Phi) is 3.93. The summed E-state index contributed by atoms with van der Waals surface area (Å²) in [5.41, 5.74) is 3.67. The molecule has 2 aromatic rings. The van der Waals surface area contributed by atoms with Gasteiger partial charge >= 0.3 is 0 Å². The highest BCUT2D eigenvalue weighted by Gasteiger charge is 2.14. The number of rotatable bonds is 4.